The van der Waals surface area contributed by atoms with E-state index in [-0.39, 0.29) is 5.75 Å². The van der Waals surface area contributed by atoms with E-state index in [1.807, 2.05) is 18.2 Å². The average Bonchev–Trinajstić information content (AvgIpc) is 2.49. The number of hydrogen-bond donors (Lipinski definition) is 0. The van der Waals surface area contributed by atoms with Crippen LogP contribution in [0, 0.1) is 0 Å². The molecule has 0 atom stereocenters. The Morgan fingerprint density at radius 3 is 2.93 bits per heavy atom. The molecule has 0 aliphatic carbocycles. The van der Waals surface area contributed by atoms with E-state index in [0.717, 1.165) is 23.3 Å². The monoisotopic (exact) mass is 212 g/mol. The molecule has 0 N–H and O–H groups in total. The summed E-state index contributed by atoms with van der Waals surface area (Å²) in [5.41, 5.74) is 1.93. The topological polar surface area (TPSA) is 43.4 Å². The summed E-state index contributed by atoms with van der Waals surface area (Å²) in [6.45, 7) is 0.663. The zero-order valence-corrected chi connectivity index (χ0v) is 8.80. The molecule has 0 radical (unpaired) electrons. The molecule has 3 nitrogen and oxygen atoms in total. The van der Waals surface area contributed by atoms with Crippen LogP contribution in [0.25, 0.3) is 0 Å². The molecule has 0 aromatic heterocycles. The van der Waals surface area contributed by atoms with E-state index in [0.29, 0.717) is 6.61 Å². The third-order valence-electron chi connectivity index (χ3n) is 2.26. The van der Waals surface area contributed by atoms with Crippen molar-refractivity contribution in [3.8, 4) is 5.75 Å². The summed E-state index contributed by atoms with van der Waals surface area (Å²) in [7, 11) is -2.95. The Labute approximate surface area is 83.6 Å². The fourth-order valence-electron chi connectivity index (χ4n) is 1.71. The number of sulfone groups is 1. The number of benzene rings is 1. The van der Waals surface area contributed by atoms with Crippen molar-refractivity contribution in [2.24, 2.45) is 0 Å². The standard InChI is InChI=1S/C10H12O3S/c1-14(11,12)7-8-3-2-4-10-9(8)5-6-13-10/h2-4H,5-7H2,1H3. The van der Waals surface area contributed by atoms with Crippen LogP contribution in [0.2, 0.25) is 0 Å². The highest BCUT2D eigenvalue weighted by molar-refractivity contribution is 7.89. The Morgan fingerprint density at radius 1 is 1.43 bits per heavy atom. The summed E-state index contributed by atoms with van der Waals surface area (Å²) in [4.78, 5) is 0. The number of fused-ring (bicyclic) bond motifs is 1. The van der Waals surface area contributed by atoms with E-state index >= 15 is 0 Å². The molecule has 0 fully saturated rings. The van der Waals surface area contributed by atoms with Crippen molar-refractivity contribution < 1.29 is 13.2 Å². The molecule has 0 amide bonds. The van der Waals surface area contributed by atoms with Gasteiger partial charge in [-0.2, -0.15) is 0 Å². The second kappa shape index (κ2) is 3.28. The van der Waals surface area contributed by atoms with Gasteiger partial charge in [0.05, 0.1) is 12.4 Å². The first-order valence-corrected chi connectivity index (χ1v) is 6.53. The summed E-state index contributed by atoms with van der Waals surface area (Å²) in [5, 5.41) is 0. The number of hydrogen-bond acceptors (Lipinski definition) is 3. The van der Waals surface area contributed by atoms with Gasteiger partial charge < -0.3 is 4.74 Å². The zero-order chi connectivity index (χ0) is 10.2. The highest BCUT2D eigenvalue weighted by Crippen LogP contribution is 2.28. The minimum absolute atomic E-state index is 0.111. The zero-order valence-electron chi connectivity index (χ0n) is 7.99. The molecule has 1 aromatic carbocycles. The SMILES string of the molecule is CS(=O)(=O)Cc1cccc2c1CCO2. The van der Waals surface area contributed by atoms with Gasteiger partial charge in [-0.25, -0.2) is 8.42 Å². The van der Waals surface area contributed by atoms with E-state index in [9.17, 15) is 8.42 Å². The minimum Gasteiger partial charge on any atom is -0.493 e. The van der Waals surface area contributed by atoms with Crippen LogP contribution in [0.15, 0.2) is 18.2 Å². The summed E-state index contributed by atoms with van der Waals surface area (Å²) >= 11 is 0. The van der Waals surface area contributed by atoms with Gasteiger partial charge in [0.25, 0.3) is 0 Å². The van der Waals surface area contributed by atoms with Crippen LogP contribution < -0.4 is 4.74 Å². The van der Waals surface area contributed by atoms with Crippen LogP contribution in [-0.2, 0) is 22.0 Å². The van der Waals surface area contributed by atoms with Gasteiger partial charge in [0.15, 0.2) is 9.84 Å². The van der Waals surface area contributed by atoms with Gasteiger partial charge >= 0.3 is 0 Å². The van der Waals surface area contributed by atoms with Crippen molar-refractivity contribution in [2.45, 2.75) is 12.2 Å². The minimum atomic E-state index is -2.95. The van der Waals surface area contributed by atoms with Gasteiger partial charge in [-0.3, -0.25) is 0 Å². The van der Waals surface area contributed by atoms with Gasteiger partial charge in [0, 0.05) is 18.2 Å². The first-order valence-electron chi connectivity index (χ1n) is 4.47. The molecule has 0 bridgehead atoms. The van der Waals surface area contributed by atoms with Gasteiger partial charge in [-0.1, -0.05) is 12.1 Å². The Balaban J connectivity index is 2.40. The molecule has 1 heterocycles. The molecule has 2 rings (SSSR count). The maximum Gasteiger partial charge on any atom is 0.151 e. The molecule has 76 valence electrons. The molecule has 0 spiro atoms. The van der Waals surface area contributed by atoms with Crippen LogP contribution in [0.5, 0.6) is 5.75 Å². The van der Waals surface area contributed by atoms with Crippen molar-refractivity contribution in [3.05, 3.63) is 29.3 Å². The third kappa shape index (κ3) is 1.90. The Kier molecular flexibility index (Phi) is 2.23. The van der Waals surface area contributed by atoms with Crippen LogP contribution in [0.1, 0.15) is 11.1 Å². The van der Waals surface area contributed by atoms with E-state index < -0.39 is 9.84 Å². The van der Waals surface area contributed by atoms with Gasteiger partial charge in [-0.05, 0) is 11.6 Å². The summed E-state index contributed by atoms with van der Waals surface area (Å²) in [6, 6.07) is 5.58. The lowest BCUT2D eigenvalue weighted by molar-refractivity contribution is 0.357. The van der Waals surface area contributed by atoms with Gasteiger partial charge in [-0.15, -0.1) is 0 Å². The van der Waals surface area contributed by atoms with Crippen LogP contribution in [0.3, 0.4) is 0 Å². The van der Waals surface area contributed by atoms with Crippen LogP contribution in [0.4, 0.5) is 0 Å². The second-order valence-corrected chi connectivity index (χ2v) is 5.70. The quantitative estimate of drug-likeness (QED) is 0.739. The van der Waals surface area contributed by atoms with Gasteiger partial charge in [0.1, 0.15) is 5.75 Å². The molecule has 0 saturated carbocycles. The normalized spacial score (nSPS) is 14.9. The summed E-state index contributed by atoms with van der Waals surface area (Å²) in [6.07, 6.45) is 2.07. The Bertz CT molecular complexity index is 448. The molecule has 1 aliphatic rings. The molecule has 0 unspecified atom stereocenters. The number of ether oxygens (including phenoxy) is 1. The van der Waals surface area contributed by atoms with Crippen molar-refractivity contribution in [1.29, 1.82) is 0 Å². The van der Waals surface area contributed by atoms with E-state index in [2.05, 4.69) is 0 Å². The first-order chi connectivity index (χ1) is 6.56. The fraction of sp³-hybridized carbons (Fsp3) is 0.400. The third-order valence-corrected chi connectivity index (χ3v) is 3.09. The molecule has 1 aliphatic heterocycles. The van der Waals surface area contributed by atoms with Crippen molar-refractivity contribution in [2.75, 3.05) is 12.9 Å². The predicted octanol–water partition coefficient (Wildman–Crippen LogP) is 1.17. The molecule has 0 saturated heterocycles. The van der Waals surface area contributed by atoms with E-state index in [1.54, 1.807) is 0 Å². The lowest BCUT2D eigenvalue weighted by Crippen LogP contribution is -2.02. The Hall–Kier alpha value is -1.03. The lowest BCUT2D eigenvalue weighted by Gasteiger charge is -2.04. The Morgan fingerprint density at radius 2 is 2.21 bits per heavy atom. The average molecular weight is 212 g/mol. The van der Waals surface area contributed by atoms with Gasteiger partial charge in [0.2, 0.25) is 0 Å². The lowest BCUT2D eigenvalue weighted by atomic mass is 10.1. The molecule has 14 heavy (non-hydrogen) atoms. The maximum atomic E-state index is 11.2. The molecular weight excluding hydrogens is 200 g/mol. The highest BCUT2D eigenvalue weighted by Gasteiger charge is 2.17. The van der Waals surface area contributed by atoms with E-state index in [1.165, 1.54) is 6.26 Å². The fourth-order valence-corrected chi connectivity index (χ4v) is 2.55. The predicted molar refractivity (Wildman–Crippen MR) is 54.2 cm³/mol. The molecule has 1 aromatic rings. The number of rotatable bonds is 2. The molecular formula is C10H12O3S. The second-order valence-electron chi connectivity index (χ2n) is 3.56. The van der Waals surface area contributed by atoms with E-state index in [4.69, 9.17) is 4.74 Å². The summed E-state index contributed by atoms with van der Waals surface area (Å²) < 4.78 is 27.7. The largest absolute Gasteiger partial charge is 0.493 e. The van der Waals surface area contributed by atoms with Crippen LogP contribution >= 0.6 is 0 Å². The highest BCUT2D eigenvalue weighted by atomic mass is 32.2. The van der Waals surface area contributed by atoms with Crippen molar-refractivity contribution in [1.82, 2.24) is 0 Å². The van der Waals surface area contributed by atoms with Crippen LogP contribution in [-0.4, -0.2) is 21.3 Å². The molecule has 4 heteroatoms. The smallest absolute Gasteiger partial charge is 0.151 e. The summed E-state index contributed by atoms with van der Waals surface area (Å²) in [5.74, 6) is 0.950. The maximum absolute atomic E-state index is 11.2. The first kappa shape index (κ1) is 9.52. The van der Waals surface area contributed by atoms with Crippen molar-refractivity contribution >= 4 is 9.84 Å². The van der Waals surface area contributed by atoms with Crippen molar-refractivity contribution in [3.63, 3.8) is 0 Å².